The van der Waals surface area contributed by atoms with Crippen LogP contribution in [0.4, 0.5) is 8.78 Å². The second-order valence-corrected chi connectivity index (χ2v) is 5.10. The van der Waals surface area contributed by atoms with Crippen LogP contribution in [-0.4, -0.2) is 59.6 Å². The summed E-state index contributed by atoms with van der Waals surface area (Å²) in [5.41, 5.74) is -0.425. The van der Waals surface area contributed by atoms with Crippen molar-refractivity contribution in [2.75, 3.05) is 26.8 Å². The van der Waals surface area contributed by atoms with Gasteiger partial charge in [-0.15, -0.1) is 0 Å². The summed E-state index contributed by atoms with van der Waals surface area (Å²) in [5.74, 6) is -3.59. The van der Waals surface area contributed by atoms with E-state index < -0.39 is 30.0 Å². The number of nitrogens with one attached hydrogen (secondary N) is 1. The standard InChI is InChI=1S/C13H19F2N3O4/c1-8-3-5-18(12(20)17-8)11-13(14,15)10(19)9(22-11)7-16-4-6-21-2/h3,5,9-11,16,19H,4,6-7H2,1-2H3/t9-,10-,11-/m1/s1. The van der Waals surface area contributed by atoms with E-state index in [0.717, 1.165) is 0 Å². The number of hydrogen-bond acceptors (Lipinski definition) is 6. The van der Waals surface area contributed by atoms with Crippen LogP contribution in [0.2, 0.25) is 0 Å². The number of methoxy groups -OCH3 is 1. The van der Waals surface area contributed by atoms with Crippen LogP contribution < -0.4 is 11.0 Å². The van der Waals surface area contributed by atoms with Crippen LogP contribution in [0.25, 0.3) is 0 Å². The van der Waals surface area contributed by atoms with Gasteiger partial charge >= 0.3 is 11.6 Å². The highest BCUT2D eigenvalue weighted by Gasteiger charge is 2.59. The van der Waals surface area contributed by atoms with Crippen molar-refractivity contribution in [3.63, 3.8) is 0 Å². The van der Waals surface area contributed by atoms with Gasteiger partial charge in [0.25, 0.3) is 0 Å². The predicted octanol–water partition coefficient (Wildman–Crippen LogP) is -0.319. The van der Waals surface area contributed by atoms with Gasteiger partial charge in [0, 0.05) is 32.1 Å². The lowest BCUT2D eigenvalue weighted by molar-refractivity contribution is -0.140. The van der Waals surface area contributed by atoms with Gasteiger partial charge in [0.05, 0.1) is 6.61 Å². The number of halogens is 2. The monoisotopic (exact) mass is 319 g/mol. The van der Waals surface area contributed by atoms with E-state index in [0.29, 0.717) is 23.4 Å². The minimum atomic E-state index is -3.59. The third kappa shape index (κ3) is 3.32. The molecule has 1 aromatic heterocycles. The molecule has 7 nitrogen and oxygen atoms in total. The molecule has 3 atom stereocenters. The number of alkyl halides is 2. The van der Waals surface area contributed by atoms with Gasteiger partial charge in [0.15, 0.2) is 0 Å². The Morgan fingerprint density at radius 2 is 2.32 bits per heavy atom. The zero-order chi connectivity index (χ0) is 16.3. The Kier molecular flexibility index (Phi) is 5.22. The average Bonchev–Trinajstić information content (AvgIpc) is 2.67. The molecule has 0 aliphatic carbocycles. The minimum absolute atomic E-state index is 0.0185. The molecule has 2 N–H and O–H groups in total. The molecule has 1 saturated heterocycles. The van der Waals surface area contributed by atoms with Crippen LogP contribution in [0.3, 0.4) is 0 Å². The summed E-state index contributed by atoms with van der Waals surface area (Å²) >= 11 is 0. The van der Waals surface area contributed by atoms with Crippen LogP contribution >= 0.6 is 0 Å². The number of aromatic nitrogens is 2. The highest BCUT2D eigenvalue weighted by Crippen LogP contribution is 2.41. The number of hydrogen-bond donors (Lipinski definition) is 2. The quantitative estimate of drug-likeness (QED) is 0.699. The van der Waals surface area contributed by atoms with E-state index in [4.69, 9.17) is 9.47 Å². The first-order valence-electron chi connectivity index (χ1n) is 6.84. The zero-order valence-electron chi connectivity index (χ0n) is 12.3. The van der Waals surface area contributed by atoms with E-state index in [9.17, 15) is 18.7 Å². The molecule has 0 amide bonds. The fourth-order valence-electron chi connectivity index (χ4n) is 2.23. The van der Waals surface area contributed by atoms with Crippen molar-refractivity contribution in [2.24, 2.45) is 0 Å². The molecule has 2 heterocycles. The third-order valence-electron chi connectivity index (χ3n) is 3.43. The Bertz CT molecular complexity index is 566. The first kappa shape index (κ1) is 16.9. The number of aliphatic hydroxyl groups excluding tert-OH is 1. The molecule has 0 aromatic carbocycles. The molecular formula is C13H19F2N3O4. The van der Waals surface area contributed by atoms with E-state index >= 15 is 0 Å². The summed E-state index contributed by atoms with van der Waals surface area (Å²) in [5, 5.41) is 12.6. The first-order chi connectivity index (χ1) is 10.4. The molecule has 1 aromatic rings. The summed E-state index contributed by atoms with van der Waals surface area (Å²) < 4.78 is 39.1. The van der Waals surface area contributed by atoms with Crippen LogP contribution in [0.5, 0.6) is 0 Å². The summed E-state index contributed by atoms with van der Waals surface area (Å²) in [4.78, 5) is 15.4. The number of nitrogens with zero attached hydrogens (tertiary/aromatic N) is 2. The van der Waals surface area contributed by atoms with Gasteiger partial charge in [-0.1, -0.05) is 0 Å². The van der Waals surface area contributed by atoms with Crippen LogP contribution in [0, 0.1) is 6.92 Å². The molecular weight excluding hydrogens is 300 g/mol. The zero-order valence-corrected chi connectivity index (χ0v) is 12.3. The van der Waals surface area contributed by atoms with E-state index in [1.807, 2.05) is 0 Å². The lowest BCUT2D eigenvalue weighted by Gasteiger charge is -2.20. The smallest absolute Gasteiger partial charge is 0.350 e. The summed E-state index contributed by atoms with van der Waals surface area (Å²) in [7, 11) is 1.52. The fraction of sp³-hybridized carbons (Fsp3) is 0.692. The van der Waals surface area contributed by atoms with Gasteiger partial charge in [-0.25, -0.2) is 4.79 Å². The number of ether oxygens (including phenoxy) is 2. The van der Waals surface area contributed by atoms with Gasteiger partial charge in [0.1, 0.15) is 12.2 Å². The molecule has 9 heteroatoms. The van der Waals surface area contributed by atoms with Crippen molar-refractivity contribution in [3.05, 3.63) is 28.4 Å². The molecule has 124 valence electrons. The Morgan fingerprint density at radius 3 is 2.95 bits per heavy atom. The molecule has 0 bridgehead atoms. The highest BCUT2D eigenvalue weighted by atomic mass is 19.3. The van der Waals surface area contributed by atoms with Crippen molar-refractivity contribution in [1.29, 1.82) is 0 Å². The fourth-order valence-corrected chi connectivity index (χ4v) is 2.23. The van der Waals surface area contributed by atoms with E-state index in [1.165, 1.54) is 19.4 Å². The van der Waals surface area contributed by atoms with Gasteiger partial charge in [0.2, 0.25) is 6.23 Å². The molecule has 2 rings (SSSR count). The van der Waals surface area contributed by atoms with E-state index in [-0.39, 0.29) is 6.54 Å². The molecule has 1 aliphatic rings. The molecule has 22 heavy (non-hydrogen) atoms. The minimum Gasteiger partial charge on any atom is -0.384 e. The molecule has 1 fully saturated rings. The lowest BCUT2D eigenvalue weighted by Crippen LogP contribution is -2.43. The number of rotatable bonds is 6. The van der Waals surface area contributed by atoms with E-state index in [2.05, 4.69) is 10.3 Å². The van der Waals surface area contributed by atoms with Gasteiger partial charge in [-0.05, 0) is 13.0 Å². The SMILES string of the molecule is COCCNC[C@H]1O[C@@H](n2ccc(C)nc2=O)C(F)(F)[C@@H]1O. The lowest BCUT2D eigenvalue weighted by atomic mass is 10.1. The number of aryl methyl sites for hydroxylation is 1. The van der Waals surface area contributed by atoms with Crippen LogP contribution in [0.1, 0.15) is 11.9 Å². The van der Waals surface area contributed by atoms with Crippen molar-refractivity contribution >= 4 is 0 Å². The van der Waals surface area contributed by atoms with Crippen molar-refractivity contribution < 1.29 is 23.4 Å². The molecule has 0 unspecified atom stereocenters. The average molecular weight is 319 g/mol. The van der Waals surface area contributed by atoms with Gasteiger partial charge in [-0.2, -0.15) is 13.8 Å². The maximum absolute atomic E-state index is 14.2. The summed E-state index contributed by atoms with van der Waals surface area (Å²) in [6, 6.07) is 1.43. The van der Waals surface area contributed by atoms with E-state index in [1.54, 1.807) is 6.92 Å². The normalized spacial score (nSPS) is 27.2. The highest BCUT2D eigenvalue weighted by molar-refractivity contribution is 5.01. The Labute approximate surface area is 125 Å². The predicted molar refractivity (Wildman–Crippen MR) is 72.8 cm³/mol. The maximum atomic E-state index is 14.2. The number of aliphatic hydroxyl groups is 1. The Balaban J connectivity index is 2.13. The van der Waals surface area contributed by atoms with Gasteiger partial charge < -0.3 is 19.9 Å². The van der Waals surface area contributed by atoms with Crippen molar-refractivity contribution in [1.82, 2.24) is 14.9 Å². The maximum Gasteiger partial charge on any atom is 0.350 e. The van der Waals surface area contributed by atoms with Crippen molar-refractivity contribution in [2.45, 2.75) is 31.3 Å². The third-order valence-corrected chi connectivity index (χ3v) is 3.43. The van der Waals surface area contributed by atoms with Crippen LogP contribution in [-0.2, 0) is 9.47 Å². The molecule has 0 saturated carbocycles. The topological polar surface area (TPSA) is 85.6 Å². The molecule has 1 aliphatic heterocycles. The van der Waals surface area contributed by atoms with Crippen LogP contribution in [0.15, 0.2) is 17.1 Å². The molecule has 0 spiro atoms. The van der Waals surface area contributed by atoms with Gasteiger partial charge in [-0.3, -0.25) is 4.57 Å². The molecule has 0 radical (unpaired) electrons. The summed E-state index contributed by atoms with van der Waals surface area (Å²) in [6.45, 7) is 2.44. The van der Waals surface area contributed by atoms with Crippen molar-refractivity contribution in [3.8, 4) is 0 Å². The second kappa shape index (κ2) is 6.78. The Hall–Kier alpha value is -1.42. The summed E-state index contributed by atoms with van der Waals surface area (Å²) in [6.07, 6.45) is -3.83. The largest absolute Gasteiger partial charge is 0.384 e. The first-order valence-corrected chi connectivity index (χ1v) is 6.84. The Morgan fingerprint density at radius 1 is 1.59 bits per heavy atom. The second-order valence-electron chi connectivity index (χ2n) is 5.10.